The molecule has 0 spiro atoms. The molecule has 0 aromatic heterocycles. The van der Waals surface area contributed by atoms with E-state index >= 15 is 0 Å². The number of amides is 1. The van der Waals surface area contributed by atoms with Gasteiger partial charge in [0.05, 0.1) is 16.7 Å². The highest BCUT2D eigenvalue weighted by molar-refractivity contribution is 6.42. The minimum absolute atomic E-state index is 0.0374. The second-order valence-corrected chi connectivity index (χ2v) is 6.50. The first-order chi connectivity index (χ1) is 10.3. The van der Waals surface area contributed by atoms with Crippen LogP contribution in [-0.4, -0.2) is 36.2 Å². The summed E-state index contributed by atoms with van der Waals surface area (Å²) in [4.78, 5) is 23.5. The van der Waals surface area contributed by atoms with Crippen LogP contribution in [0.2, 0.25) is 10.0 Å². The molecular formula is C15H17Cl2NO4. The third-order valence-corrected chi connectivity index (χ3v) is 4.54. The summed E-state index contributed by atoms with van der Waals surface area (Å²) in [6, 6.07) is 5.27. The first-order valence-corrected chi connectivity index (χ1v) is 7.53. The summed E-state index contributed by atoms with van der Waals surface area (Å²) in [5, 5.41) is 12.7. The van der Waals surface area contributed by atoms with E-state index < -0.39 is 11.5 Å². The molecular weight excluding hydrogens is 329 g/mol. The molecule has 7 heteroatoms. The average Bonchev–Trinajstić information content (AvgIpc) is 3.22. The molecule has 3 atom stereocenters. The topological polar surface area (TPSA) is 75.6 Å². The van der Waals surface area contributed by atoms with Gasteiger partial charge < -0.3 is 15.2 Å². The lowest BCUT2D eigenvalue weighted by atomic mass is 10.0. The van der Waals surface area contributed by atoms with Gasteiger partial charge >= 0.3 is 5.97 Å². The molecule has 1 fully saturated rings. The van der Waals surface area contributed by atoms with E-state index in [0.717, 1.165) is 5.56 Å². The molecule has 0 heterocycles. The predicted octanol–water partition coefficient (Wildman–Crippen LogP) is 2.70. The third-order valence-electron chi connectivity index (χ3n) is 3.80. The lowest BCUT2D eigenvalue weighted by Gasteiger charge is -2.25. The molecule has 1 aliphatic carbocycles. The molecule has 120 valence electrons. The highest BCUT2D eigenvalue weighted by Crippen LogP contribution is 2.48. The lowest BCUT2D eigenvalue weighted by molar-refractivity contribution is -0.149. The Kier molecular flexibility index (Phi) is 5.00. The predicted molar refractivity (Wildman–Crippen MR) is 83.4 cm³/mol. The van der Waals surface area contributed by atoms with Crippen LogP contribution in [0.3, 0.4) is 0 Å². The number of carbonyl (C=O) groups is 2. The number of carboxylic acids is 1. The van der Waals surface area contributed by atoms with E-state index in [1.54, 1.807) is 12.1 Å². The zero-order valence-electron chi connectivity index (χ0n) is 12.2. The van der Waals surface area contributed by atoms with Gasteiger partial charge in [0.15, 0.2) is 5.54 Å². The summed E-state index contributed by atoms with van der Waals surface area (Å²) in [5.74, 6) is -1.64. The summed E-state index contributed by atoms with van der Waals surface area (Å²) in [7, 11) is 1.39. The highest BCUT2D eigenvalue weighted by atomic mass is 35.5. The number of hydrogen-bond acceptors (Lipinski definition) is 3. The molecule has 1 amide bonds. The number of aliphatic carboxylic acids is 1. The molecule has 3 unspecified atom stereocenters. The SMILES string of the molecule is COCC(C)(NC(=O)C1CC1c1ccc(Cl)c(Cl)c1)C(=O)O. The van der Waals surface area contributed by atoms with E-state index in [4.69, 9.17) is 27.9 Å². The summed E-state index contributed by atoms with van der Waals surface area (Å²) in [6.45, 7) is 1.32. The second kappa shape index (κ2) is 6.44. The van der Waals surface area contributed by atoms with Crippen molar-refractivity contribution in [2.75, 3.05) is 13.7 Å². The van der Waals surface area contributed by atoms with E-state index in [9.17, 15) is 14.7 Å². The molecule has 0 saturated heterocycles. The van der Waals surface area contributed by atoms with Gasteiger partial charge in [-0.2, -0.15) is 0 Å². The van der Waals surface area contributed by atoms with E-state index in [1.807, 2.05) is 6.07 Å². The quantitative estimate of drug-likeness (QED) is 0.831. The Morgan fingerprint density at radius 2 is 2.09 bits per heavy atom. The number of benzene rings is 1. The van der Waals surface area contributed by atoms with E-state index in [2.05, 4.69) is 5.32 Å². The molecule has 22 heavy (non-hydrogen) atoms. The van der Waals surface area contributed by atoms with E-state index in [1.165, 1.54) is 14.0 Å². The van der Waals surface area contributed by atoms with Gasteiger partial charge in [0, 0.05) is 13.0 Å². The van der Waals surface area contributed by atoms with Gasteiger partial charge in [-0.25, -0.2) is 4.79 Å². The fourth-order valence-corrected chi connectivity index (χ4v) is 2.71. The Labute approximate surface area is 138 Å². The molecule has 2 rings (SSSR count). The summed E-state index contributed by atoms with van der Waals surface area (Å²) < 4.78 is 4.88. The van der Waals surface area contributed by atoms with Crippen molar-refractivity contribution in [2.45, 2.75) is 24.8 Å². The van der Waals surface area contributed by atoms with Crippen LogP contribution < -0.4 is 5.32 Å². The number of carboxylic acid groups (broad SMARTS) is 1. The van der Waals surface area contributed by atoms with E-state index in [-0.39, 0.29) is 24.3 Å². The molecule has 0 radical (unpaired) electrons. The van der Waals surface area contributed by atoms with Gasteiger partial charge in [-0.3, -0.25) is 4.79 Å². The summed E-state index contributed by atoms with van der Waals surface area (Å²) in [6.07, 6.45) is 0.659. The first-order valence-electron chi connectivity index (χ1n) is 6.78. The van der Waals surface area contributed by atoms with Crippen LogP contribution in [0.25, 0.3) is 0 Å². The fraction of sp³-hybridized carbons (Fsp3) is 0.467. The molecule has 1 aromatic carbocycles. The average molecular weight is 346 g/mol. The zero-order valence-corrected chi connectivity index (χ0v) is 13.7. The monoisotopic (exact) mass is 345 g/mol. The number of carbonyl (C=O) groups excluding carboxylic acids is 1. The normalized spacial score (nSPS) is 22.7. The van der Waals surface area contributed by atoms with Crippen molar-refractivity contribution in [3.05, 3.63) is 33.8 Å². The largest absolute Gasteiger partial charge is 0.479 e. The molecule has 1 aromatic rings. The van der Waals surface area contributed by atoms with Crippen LogP contribution in [0.15, 0.2) is 18.2 Å². The van der Waals surface area contributed by atoms with Gasteiger partial charge in [0.2, 0.25) is 5.91 Å². The number of hydrogen-bond donors (Lipinski definition) is 2. The van der Waals surface area contributed by atoms with Gasteiger partial charge in [0.1, 0.15) is 0 Å². The second-order valence-electron chi connectivity index (χ2n) is 5.68. The zero-order chi connectivity index (χ0) is 16.5. The number of nitrogens with one attached hydrogen (secondary N) is 1. The van der Waals surface area contributed by atoms with Crippen molar-refractivity contribution in [3.63, 3.8) is 0 Å². The number of halogens is 2. The lowest BCUT2D eigenvalue weighted by Crippen LogP contribution is -2.55. The first kappa shape index (κ1) is 17.1. The smallest absolute Gasteiger partial charge is 0.331 e. The Morgan fingerprint density at radius 1 is 1.41 bits per heavy atom. The van der Waals surface area contributed by atoms with Gasteiger partial charge in [-0.15, -0.1) is 0 Å². The maximum Gasteiger partial charge on any atom is 0.331 e. The van der Waals surface area contributed by atoms with Crippen molar-refractivity contribution in [1.82, 2.24) is 5.32 Å². The number of rotatable bonds is 6. The van der Waals surface area contributed by atoms with Crippen LogP contribution in [0, 0.1) is 5.92 Å². The van der Waals surface area contributed by atoms with Crippen molar-refractivity contribution < 1.29 is 19.4 Å². The highest BCUT2D eigenvalue weighted by Gasteiger charge is 2.47. The Balaban J connectivity index is 2.03. The van der Waals surface area contributed by atoms with Gasteiger partial charge in [0.25, 0.3) is 0 Å². The van der Waals surface area contributed by atoms with Gasteiger partial charge in [-0.05, 0) is 37.0 Å². The number of ether oxygens (including phenoxy) is 1. The Bertz CT molecular complexity index is 607. The molecule has 2 N–H and O–H groups in total. The van der Waals surface area contributed by atoms with Crippen LogP contribution in [0.5, 0.6) is 0 Å². The van der Waals surface area contributed by atoms with E-state index in [0.29, 0.717) is 16.5 Å². The third kappa shape index (κ3) is 3.54. The minimum Gasteiger partial charge on any atom is -0.479 e. The number of methoxy groups -OCH3 is 1. The molecule has 1 aliphatic rings. The van der Waals surface area contributed by atoms with Gasteiger partial charge in [-0.1, -0.05) is 29.3 Å². The van der Waals surface area contributed by atoms with Crippen molar-refractivity contribution >= 4 is 35.1 Å². The molecule has 1 saturated carbocycles. The minimum atomic E-state index is -1.43. The standard InChI is InChI=1S/C15H17Cl2NO4/c1-15(7-22-2,14(20)21)18-13(19)10-6-9(10)8-3-4-11(16)12(17)5-8/h3-5,9-10H,6-7H2,1-2H3,(H,18,19)(H,20,21). The Hall–Kier alpha value is -1.30. The van der Waals surface area contributed by atoms with Crippen LogP contribution in [0.4, 0.5) is 0 Å². The van der Waals surface area contributed by atoms with Crippen molar-refractivity contribution in [2.24, 2.45) is 5.92 Å². The fourth-order valence-electron chi connectivity index (χ4n) is 2.40. The summed E-state index contributed by atoms with van der Waals surface area (Å²) >= 11 is 11.8. The van der Waals surface area contributed by atoms with Crippen LogP contribution in [-0.2, 0) is 14.3 Å². The maximum absolute atomic E-state index is 12.2. The van der Waals surface area contributed by atoms with Crippen molar-refractivity contribution in [3.8, 4) is 0 Å². The maximum atomic E-state index is 12.2. The van der Waals surface area contributed by atoms with Crippen molar-refractivity contribution in [1.29, 1.82) is 0 Å². The summed E-state index contributed by atoms with van der Waals surface area (Å²) in [5.41, 5.74) is -0.505. The Morgan fingerprint density at radius 3 is 2.64 bits per heavy atom. The molecule has 0 aliphatic heterocycles. The van der Waals surface area contributed by atoms with Crippen LogP contribution >= 0.6 is 23.2 Å². The molecule has 0 bridgehead atoms. The molecule has 5 nitrogen and oxygen atoms in total. The van der Waals surface area contributed by atoms with Crippen LogP contribution in [0.1, 0.15) is 24.8 Å².